The highest BCUT2D eigenvalue weighted by molar-refractivity contribution is 5.46. The number of anilines is 1. The molecule has 2 heteroatoms. The number of hydrogen-bond acceptors (Lipinski definition) is 2. The third-order valence-corrected chi connectivity index (χ3v) is 2.43. The summed E-state index contributed by atoms with van der Waals surface area (Å²) in [5.74, 6) is 0.309. The summed E-state index contributed by atoms with van der Waals surface area (Å²) in [6, 6.07) is 15.5. The van der Waals surface area contributed by atoms with Crippen LogP contribution in [0.25, 0.3) is 0 Å². The van der Waals surface area contributed by atoms with Crippen LogP contribution in [0.2, 0.25) is 0 Å². The second-order valence-electron chi connectivity index (χ2n) is 3.89. The van der Waals surface area contributed by atoms with Crippen molar-refractivity contribution >= 4 is 5.69 Å². The maximum absolute atomic E-state index is 9.33. The monoisotopic (exact) mass is 243 g/mol. The average Bonchev–Trinajstić information content (AvgIpc) is 2.39. The van der Waals surface area contributed by atoms with Crippen LogP contribution in [0.3, 0.4) is 0 Å². The summed E-state index contributed by atoms with van der Waals surface area (Å²) in [6.45, 7) is 6.79. The second kappa shape index (κ2) is 7.38. The van der Waals surface area contributed by atoms with Crippen molar-refractivity contribution < 1.29 is 5.11 Å². The zero-order valence-electron chi connectivity index (χ0n) is 11.3. The Bertz CT molecular complexity index is 435. The molecule has 0 spiro atoms. The summed E-state index contributed by atoms with van der Waals surface area (Å²) in [5, 5.41) is 12.6. The molecule has 2 nitrogen and oxygen atoms in total. The highest BCUT2D eigenvalue weighted by Gasteiger charge is 1.95. The number of phenols is 1. The molecule has 0 fully saturated rings. The fourth-order valence-corrected chi connectivity index (χ4v) is 1.63. The highest BCUT2D eigenvalue weighted by Crippen LogP contribution is 2.14. The van der Waals surface area contributed by atoms with Gasteiger partial charge in [-0.25, -0.2) is 0 Å². The van der Waals surface area contributed by atoms with Crippen LogP contribution in [0.5, 0.6) is 5.75 Å². The van der Waals surface area contributed by atoms with Gasteiger partial charge >= 0.3 is 0 Å². The molecule has 0 aromatic heterocycles. The lowest BCUT2D eigenvalue weighted by Crippen LogP contribution is -1.98. The Hall–Kier alpha value is -1.96. The van der Waals surface area contributed by atoms with E-state index in [2.05, 4.69) is 24.4 Å². The summed E-state index contributed by atoms with van der Waals surface area (Å²) in [5.41, 5.74) is 3.41. The van der Waals surface area contributed by atoms with Crippen LogP contribution in [0.1, 0.15) is 25.0 Å². The number of aromatic hydroxyl groups is 1. The Labute approximate surface area is 109 Å². The lowest BCUT2D eigenvalue weighted by molar-refractivity contribution is 0.474. The zero-order valence-corrected chi connectivity index (χ0v) is 11.3. The van der Waals surface area contributed by atoms with Gasteiger partial charge in [0, 0.05) is 12.2 Å². The minimum absolute atomic E-state index is 0.309. The van der Waals surface area contributed by atoms with E-state index in [1.165, 1.54) is 5.56 Å². The van der Waals surface area contributed by atoms with Crippen molar-refractivity contribution in [3.63, 3.8) is 0 Å². The Kier molecular flexibility index (Phi) is 5.78. The summed E-state index contributed by atoms with van der Waals surface area (Å²) in [7, 11) is 0. The maximum Gasteiger partial charge on any atom is 0.115 e. The molecule has 0 bridgehead atoms. The summed E-state index contributed by atoms with van der Waals surface area (Å²) in [6.07, 6.45) is 0. The van der Waals surface area contributed by atoms with Gasteiger partial charge in [0.15, 0.2) is 0 Å². The van der Waals surface area contributed by atoms with Crippen LogP contribution in [0.4, 0.5) is 5.69 Å². The molecular weight excluding hydrogens is 222 g/mol. The maximum atomic E-state index is 9.33. The number of hydrogen-bond donors (Lipinski definition) is 2. The van der Waals surface area contributed by atoms with E-state index in [9.17, 15) is 5.11 Å². The smallest absolute Gasteiger partial charge is 0.115 e. The van der Waals surface area contributed by atoms with Crippen LogP contribution in [0, 0.1) is 6.92 Å². The molecular formula is C16H21NO. The van der Waals surface area contributed by atoms with E-state index >= 15 is 0 Å². The number of phenolic OH excluding ortho intramolecular Hbond substituents is 1. The van der Waals surface area contributed by atoms with Gasteiger partial charge in [-0.1, -0.05) is 38.1 Å². The largest absolute Gasteiger partial charge is 0.508 e. The Balaban J connectivity index is 0.000000771. The van der Waals surface area contributed by atoms with Gasteiger partial charge in [-0.15, -0.1) is 0 Å². The Morgan fingerprint density at radius 3 is 2.39 bits per heavy atom. The van der Waals surface area contributed by atoms with E-state index in [4.69, 9.17) is 0 Å². The van der Waals surface area contributed by atoms with Crippen LogP contribution in [-0.4, -0.2) is 5.11 Å². The standard InChI is InChI=1S/C14H15NO.C2H6/c1-11-4-2-6-13(8-11)15-10-12-5-3-7-14(16)9-12;1-2/h2-9,15-16H,10H2,1H3;1-2H3. The van der Waals surface area contributed by atoms with Gasteiger partial charge in [-0.3, -0.25) is 0 Å². The normalized spacial score (nSPS) is 9.28. The molecule has 96 valence electrons. The van der Waals surface area contributed by atoms with Crippen LogP contribution >= 0.6 is 0 Å². The van der Waals surface area contributed by atoms with Crippen LogP contribution in [0.15, 0.2) is 48.5 Å². The number of nitrogens with one attached hydrogen (secondary N) is 1. The van der Waals surface area contributed by atoms with Gasteiger partial charge in [0.1, 0.15) is 5.75 Å². The Morgan fingerprint density at radius 1 is 1.00 bits per heavy atom. The number of benzene rings is 2. The third-order valence-electron chi connectivity index (χ3n) is 2.43. The van der Waals surface area contributed by atoms with Crippen molar-refractivity contribution in [2.24, 2.45) is 0 Å². The molecule has 0 saturated heterocycles. The van der Waals surface area contributed by atoms with E-state index in [1.807, 2.05) is 38.1 Å². The van der Waals surface area contributed by atoms with Gasteiger partial charge in [0.05, 0.1) is 0 Å². The molecule has 0 saturated carbocycles. The predicted octanol–water partition coefficient (Wildman–Crippen LogP) is 4.34. The van der Waals surface area contributed by atoms with Gasteiger partial charge in [-0.05, 0) is 42.3 Å². The average molecular weight is 243 g/mol. The molecule has 2 rings (SSSR count). The first kappa shape index (κ1) is 14.1. The van der Waals surface area contributed by atoms with Crippen LogP contribution in [-0.2, 0) is 6.54 Å². The molecule has 2 aromatic carbocycles. The molecule has 0 aliphatic carbocycles. The molecule has 0 atom stereocenters. The SMILES string of the molecule is CC.Cc1cccc(NCc2cccc(O)c2)c1. The van der Waals surface area contributed by atoms with Gasteiger partial charge in [0.25, 0.3) is 0 Å². The minimum Gasteiger partial charge on any atom is -0.508 e. The van der Waals surface area contributed by atoms with Gasteiger partial charge < -0.3 is 10.4 Å². The fraction of sp³-hybridized carbons (Fsp3) is 0.250. The fourth-order valence-electron chi connectivity index (χ4n) is 1.63. The summed E-state index contributed by atoms with van der Waals surface area (Å²) >= 11 is 0. The van der Waals surface area contributed by atoms with E-state index in [0.29, 0.717) is 5.75 Å². The van der Waals surface area contributed by atoms with Gasteiger partial charge in [0.2, 0.25) is 0 Å². The van der Waals surface area contributed by atoms with E-state index in [-0.39, 0.29) is 0 Å². The Morgan fingerprint density at radius 2 is 1.72 bits per heavy atom. The van der Waals surface area contributed by atoms with Crippen molar-refractivity contribution in [1.82, 2.24) is 0 Å². The summed E-state index contributed by atoms with van der Waals surface area (Å²) in [4.78, 5) is 0. The van der Waals surface area contributed by atoms with Gasteiger partial charge in [-0.2, -0.15) is 0 Å². The first-order valence-corrected chi connectivity index (χ1v) is 6.32. The zero-order chi connectivity index (χ0) is 13.4. The molecule has 0 unspecified atom stereocenters. The molecule has 2 N–H and O–H groups in total. The van der Waals surface area contributed by atoms with Crippen molar-refractivity contribution in [2.75, 3.05) is 5.32 Å². The molecule has 0 radical (unpaired) electrons. The lowest BCUT2D eigenvalue weighted by Gasteiger charge is -2.07. The highest BCUT2D eigenvalue weighted by atomic mass is 16.3. The first-order valence-electron chi connectivity index (χ1n) is 6.32. The van der Waals surface area contributed by atoms with Crippen molar-refractivity contribution in [3.8, 4) is 5.75 Å². The van der Waals surface area contributed by atoms with Crippen molar-refractivity contribution in [1.29, 1.82) is 0 Å². The number of rotatable bonds is 3. The molecule has 2 aromatic rings. The molecule has 18 heavy (non-hydrogen) atoms. The quantitative estimate of drug-likeness (QED) is 0.840. The van der Waals surface area contributed by atoms with Crippen molar-refractivity contribution in [3.05, 3.63) is 59.7 Å². The molecule has 0 aliphatic rings. The van der Waals surface area contributed by atoms with E-state index in [0.717, 1.165) is 17.8 Å². The van der Waals surface area contributed by atoms with E-state index < -0.39 is 0 Å². The third kappa shape index (κ3) is 4.50. The minimum atomic E-state index is 0.309. The molecule has 0 amide bonds. The topological polar surface area (TPSA) is 32.3 Å². The van der Waals surface area contributed by atoms with Crippen LogP contribution < -0.4 is 5.32 Å². The second-order valence-corrected chi connectivity index (χ2v) is 3.89. The lowest BCUT2D eigenvalue weighted by atomic mass is 10.2. The molecule has 0 heterocycles. The predicted molar refractivity (Wildman–Crippen MR) is 78.0 cm³/mol. The molecule has 0 aliphatic heterocycles. The van der Waals surface area contributed by atoms with Crippen molar-refractivity contribution in [2.45, 2.75) is 27.3 Å². The summed E-state index contributed by atoms with van der Waals surface area (Å²) < 4.78 is 0. The van der Waals surface area contributed by atoms with E-state index in [1.54, 1.807) is 12.1 Å². The number of aryl methyl sites for hydroxylation is 1. The first-order chi connectivity index (χ1) is 8.74.